The van der Waals surface area contributed by atoms with Gasteiger partial charge in [-0.05, 0) is 67.7 Å². The molecule has 6 heteroatoms. The Hall–Kier alpha value is -1.98. The summed E-state index contributed by atoms with van der Waals surface area (Å²) in [5, 5.41) is 6.45. The Morgan fingerprint density at radius 3 is 2.37 bits per heavy atom. The number of rotatable bonds is 8. The van der Waals surface area contributed by atoms with E-state index >= 15 is 0 Å². The first-order valence-electron chi connectivity index (χ1n) is 10.5. The van der Waals surface area contributed by atoms with E-state index in [0.29, 0.717) is 22.9 Å². The minimum Gasteiger partial charge on any atom is -0.352 e. The zero-order valence-corrected chi connectivity index (χ0v) is 18.8. The lowest BCUT2D eigenvalue weighted by molar-refractivity contribution is -0.124. The predicted octanol–water partition coefficient (Wildman–Crippen LogP) is 5.03. The number of carbonyl (C=O) groups excluding carboxylic acids is 2. The largest absolute Gasteiger partial charge is 0.352 e. The second-order valence-electron chi connectivity index (χ2n) is 7.76. The van der Waals surface area contributed by atoms with Gasteiger partial charge < -0.3 is 10.6 Å². The average Bonchev–Trinajstić information content (AvgIpc) is 2.78. The highest BCUT2D eigenvalue weighted by Gasteiger charge is 2.27. The Morgan fingerprint density at radius 1 is 1.03 bits per heavy atom. The van der Waals surface area contributed by atoms with Crippen molar-refractivity contribution in [2.75, 3.05) is 12.0 Å². The topological polar surface area (TPSA) is 58.2 Å². The molecule has 0 aliphatic heterocycles. The maximum absolute atomic E-state index is 13.0. The third-order valence-electron chi connectivity index (χ3n) is 5.70. The van der Waals surface area contributed by atoms with Gasteiger partial charge in [-0.2, -0.15) is 11.8 Å². The Kier molecular flexibility index (Phi) is 8.64. The number of halogens is 1. The molecule has 2 N–H and O–H groups in total. The first-order chi connectivity index (χ1) is 14.6. The fourth-order valence-corrected chi connectivity index (χ4v) is 4.68. The molecule has 1 aliphatic rings. The fraction of sp³-hybridized carbons (Fsp3) is 0.417. The van der Waals surface area contributed by atoms with Gasteiger partial charge in [0.15, 0.2) is 0 Å². The molecule has 4 nitrogen and oxygen atoms in total. The van der Waals surface area contributed by atoms with Crippen LogP contribution in [-0.2, 0) is 4.79 Å². The molecule has 2 aromatic carbocycles. The monoisotopic (exact) mass is 444 g/mol. The van der Waals surface area contributed by atoms with Crippen molar-refractivity contribution in [1.82, 2.24) is 10.6 Å². The molecule has 0 spiro atoms. The number of carbonyl (C=O) groups is 2. The zero-order chi connectivity index (χ0) is 21.3. The molecule has 1 atom stereocenters. The third-order valence-corrected chi connectivity index (χ3v) is 6.67. The summed E-state index contributed by atoms with van der Waals surface area (Å²) in [6.07, 6.45) is 6.63. The van der Waals surface area contributed by atoms with Crippen LogP contribution in [0.3, 0.4) is 0 Å². The van der Waals surface area contributed by atoms with Gasteiger partial charge in [0, 0.05) is 6.04 Å². The van der Waals surface area contributed by atoms with Crippen molar-refractivity contribution in [1.29, 1.82) is 0 Å². The van der Waals surface area contributed by atoms with E-state index in [1.807, 2.05) is 12.3 Å². The lowest BCUT2D eigenvalue weighted by atomic mass is 9.81. The molecule has 0 saturated heterocycles. The second-order valence-corrected chi connectivity index (χ2v) is 9.15. The molecule has 1 unspecified atom stereocenters. The standard InChI is InChI=1S/C24H29ClN2O2S/c1-30-16-15-22(27-23(28)20-9-5-6-10-21(20)25)24(29)26-19-13-11-18(12-14-19)17-7-3-2-4-8-17/h2-10,18-19,22H,11-16H2,1H3,(H,26,29)(H,27,28). The number of benzene rings is 2. The summed E-state index contributed by atoms with van der Waals surface area (Å²) in [5.74, 6) is 0.940. The molecular formula is C24H29ClN2O2S. The summed E-state index contributed by atoms with van der Waals surface area (Å²) in [7, 11) is 0. The van der Waals surface area contributed by atoms with Gasteiger partial charge in [0.2, 0.25) is 5.91 Å². The van der Waals surface area contributed by atoms with E-state index in [1.165, 1.54) is 5.56 Å². The number of nitrogens with one attached hydrogen (secondary N) is 2. The molecule has 0 radical (unpaired) electrons. The molecule has 0 bridgehead atoms. The van der Waals surface area contributed by atoms with E-state index in [9.17, 15) is 9.59 Å². The highest BCUT2D eigenvalue weighted by atomic mass is 35.5. The van der Waals surface area contributed by atoms with Crippen molar-refractivity contribution in [2.45, 2.75) is 50.1 Å². The van der Waals surface area contributed by atoms with E-state index in [4.69, 9.17) is 11.6 Å². The molecule has 30 heavy (non-hydrogen) atoms. The molecule has 1 saturated carbocycles. The zero-order valence-electron chi connectivity index (χ0n) is 17.3. The van der Waals surface area contributed by atoms with Crippen LogP contribution in [0.4, 0.5) is 0 Å². The van der Waals surface area contributed by atoms with Crippen molar-refractivity contribution in [3.63, 3.8) is 0 Å². The lowest BCUT2D eigenvalue weighted by Crippen LogP contribution is -2.50. The summed E-state index contributed by atoms with van der Waals surface area (Å²) < 4.78 is 0. The molecular weight excluding hydrogens is 416 g/mol. The Labute approximate surface area is 188 Å². The SMILES string of the molecule is CSCCC(NC(=O)c1ccccc1Cl)C(=O)NC1CCC(c2ccccc2)CC1. The van der Waals surface area contributed by atoms with Crippen LogP contribution in [0.2, 0.25) is 5.02 Å². The van der Waals surface area contributed by atoms with Crippen molar-refractivity contribution in [3.8, 4) is 0 Å². The van der Waals surface area contributed by atoms with Crippen LogP contribution >= 0.6 is 23.4 Å². The van der Waals surface area contributed by atoms with Gasteiger partial charge in [-0.15, -0.1) is 0 Å². The van der Waals surface area contributed by atoms with Gasteiger partial charge in [0.1, 0.15) is 6.04 Å². The van der Waals surface area contributed by atoms with E-state index in [-0.39, 0.29) is 17.9 Å². The highest BCUT2D eigenvalue weighted by Crippen LogP contribution is 2.32. The molecule has 2 aromatic rings. The summed E-state index contributed by atoms with van der Waals surface area (Å²) in [4.78, 5) is 25.6. The smallest absolute Gasteiger partial charge is 0.253 e. The Balaban J connectivity index is 1.56. The number of thioether (sulfide) groups is 1. The van der Waals surface area contributed by atoms with Gasteiger partial charge >= 0.3 is 0 Å². The van der Waals surface area contributed by atoms with E-state index in [2.05, 4.69) is 34.9 Å². The van der Waals surface area contributed by atoms with Crippen LogP contribution in [0.5, 0.6) is 0 Å². The lowest BCUT2D eigenvalue weighted by Gasteiger charge is -2.30. The van der Waals surface area contributed by atoms with Crippen molar-refractivity contribution < 1.29 is 9.59 Å². The molecule has 160 valence electrons. The van der Waals surface area contributed by atoms with E-state index in [1.54, 1.807) is 36.0 Å². The molecule has 1 fully saturated rings. The van der Waals surface area contributed by atoms with E-state index < -0.39 is 6.04 Å². The number of hydrogen-bond donors (Lipinski definition) is 2. The van der Waals surface area contributed by atoms with Gasteiger partial charge in [0.05, 0.1) is 10.6 Å². The quantitative estimate of drug-likeness (QED) is 0.600. The Morgan fingerprint density at radius 2 is 1.70 bits per heavy atom. The number of amides is 2. The first-order valence-corrected chi connectivity index (χ1v) is 12.2. The maximum atomic E-state index is 13.0. The summed E-state index contributed by atoms with van der Waals surface area (Å²) in [6.45, 7) is 0. The number of hydrogen-bond acceptors (Lipinski definition) is 3. The van der Waals surface area contributed by atoms with Gasteiger partial charge in [-0.1, -0.05) is 54.1 Å². The molecule has 3 rings (SSSR count). The van der Waals surface area contributed by atoms with Crippen molar-refractivity contribution in [2.24, 2.45) is 0 Å². The van der Waals surface area contributed by atoms with Crippen LogP contribution in [0.15, 0.2) is 54.6 Å². The minimum absolute atomic E-state index is 0.104. The van der Waals surface area contributed by atoms with Gasteiger partial charge in [-0.3, -0.25) is 9.59 Å². The minimum atomic E-state index is -0.562. The van der Waals surface area contributed by atoms with Crippen LogP contribution in [0, 0.1) is 0 Å². The highest BCUT2D eigenvalue weighted by molar-refractivity contribution is 7.98. The summed E-state index contributed by atoms with van der Waals surface area (Å²) in [5.41, 5.74) is 1.77. The first kappa shape index (κ1) is 22.7. The summed E-state index contributed by atoms with van der Waals surface area (Å²) >= 11 is 7.80. The normalized spacial score (nSPS) is 19.7. The Bertz CT molecular complexity index is 838. The van der Waals surface area contributed by atoms with Crippen molar-refractivity contribution >= 4 is 35.2 Å². The molecule has 2 amide bonds. The molecule has 0 aromatic heterocycles. The van der Waals surface area contributed by atoms with Crippen molar-refractivity contribution in [3.05, 3.63) is 70.7 Å². The van der Waals surface area contributed by atoms with Gasteiger partial charge in [-0.25, -0.2) is 0 Å². The molecule has 0 heterocycles. The summed E-state index contributed by atoms with van der Waals surface area (Å²) in [6, 6.07) is 17.1. The maximum Gasteiger partial charge on any atom is 0.253 e. The van der Waals surface area contributed by atoms with Crippen LogP contribution in [-0.4, -0.2) is 35.9 Å². The fourth-order valence-electron chi connectivity index (χ4n) is 3.98. The van der Waals surface area contributed by atoms with E-state index in [0.717, 1.165) is 31.4 Å². The van der Waals surface area contributed by atoms with Crippen LogP contribution in [0.1, 0.15) is 53.9 Å². The molecule has 1 aliphatic carbocycles. The van der Waals surface area contributed by atoms with Gasteiger partial charge in [0.25, 0.3) is 5.91 Å². The van der Waals surface area contributed by atoms with Crippen LogP contribution in [0.25, 0.3) is 0 Å². The average molecular weight is 445 g/mol. The third kappa shape index (κ3) is 6.26. The predicted molar refractivity (Wildman–Crippen MR) is 125 cm³/mol. The second kappa shape index (κ2) is 11.4. The van der Waals surface area contributed by atoms with Crippen LogP contribution < -0.4 is 10.6 Å².